The van der Waals surface area contributed by atoms with Crippen LogP contribution in [0.4, 0.5) is 5.69 Å². The minimum Gasteiger partial charge on any atom is -0.478 e. The molecule has 1 heterocycles. The summed E-state index contributed by atoms with van der Waals surface area (Å²) in [6, 6.07) is 4.05. The molecule has 0 aliphatic carbocycles. The molecule has 0 amide bonds. The molecule has 1 aromatic carbocycles. The molecule has 1 aliphatic rings. The van der Waals surface area contributed by atoms with Crippen LogP contribution in [-0.4, -0.2) is 45.3 Å². The Labute approximate surface area is 136 Å². The van der Waals surface area contributed by atoms with E-state index in [4.69, 9.17) is 9.84 Å². The van der Waals surface area contributed by atoms with Gasteiger partial charge in [-0.2, -0.15) is 0 Å². The SMILES string of the molecule is CCCNc1ccc(C(=O)O)cc1S(=O)(=O)NCC1CCCO1. The number of carboxylic acid groups (broad SMARTS) is 1. The fourth-order valence-electron chi connectivity index (χ4n) is 2.37. The minimum atomic E-state index is -3.82. The summed E-state index contributed by atoms with van der Waals surface area (Å²) >= 11 is 0. The Bertz CT molecular complexity index is 654. The van der Waals surface area contributed by atoms with Crippen molar-refractivity contribution in [3.63, 3.8) is 0 Å². The van der Waals surface area contributed by atoms with E-state index in [9.17, 15) is 13.2 Å². The van der Waals surface area contributed by atoms with Crippen LogP contribution in [-0.2, 0) is 14.8 Å². The highest BCUT2D eigenvalue weighted by Gasteiger charge is 2.23. The number of anilines is 1. The van der Waals surface area contributed by atoms with Crippen molar-refractivity contribution in [1.29, 1.82) is 0 Å². The van der Waals surface area contributed by atoms with E-state index in [1.807, 2.05) is 6.92 Å². The zero-order valence-corrected chi connectivity index (χ0v) is 13.9. The van der Waals surface area contributed by atoms with Gasteiger partial charge in [0, 0.05) is 19.7 Å². The Morgan fingerprint density at radius 1 is 1.43 bits per heavy atom. The lowest BCUT2D eigenvalue weighted by Gasteiger charge is -2.15. The van der Waals surface area contributed by atoms with E-state index in [1.165, 1.54) is 18.2 Å². The first-order valence-electron chi connectivity index (χ1n) is 7.66. The van der Waals surface area contributed by atoms with Gasteiger partial charge in [-0.1, -0.05) is 6.92 Å². The Hall–Kier alpha value is -1.64. The number of hydrogen-bond donors (Lipinski definition) is 3. The van der Waals surface area contributed by atoms with Gasteiger partial charge in [0.25, 0.3) is 0 Å². The number of carboxylic acids is 1. The van der Waals surface area contributed by atoms with Gasteiger partial charge in [-0.15, -0.1) is 0 Å². The maximum Gasteiger partial charge on any atom is 0.335 e. The highest BCUT2D eigenvalue weighted by Crippen LogP contribution is 2.23. The van der Waals surface area contributed by atoms with Crippen LogP contribution in [0.5, 0.6) is 0 Å². The fraction of sp³-hybridized carbons (Fsp3) is 0.533. The standard InChI is InChI=1S/C15H22N2O5S/c1-2-7-16-13-6-5-11(15(18)19)9-14(13)23(20,21)17-10-12-4-3-8-22-12/h5-6,9,12,16-17H,2-4,7-8,10H2,1H3,(H,18,19). The summed E-state index contributed by atoms with van der Waals surface area (Å²) in [7, 11) is -3.82. The zero-order valence-electron chi connectivity index (χ0n) is 13.0. The molecule has 3 N–H and O–H groups in total. The summed E-state index contributed by atoms with van der Waals surface area (Å²) in [6.45, 7) is 3.39. The number of benzene rings is 1. The van der Waals surface area contributed by atoms with Crippen LogP contribution in [0, 0.1) is 0 Å². The van der Waals surface area contributed by atoms with Gasteiger partial charge in [0.15, 0.2) is 0 Å². The molecule has 0 radical (unpaired) electrons. The van der Waals surface area contributed by atoms with Crippen LogP contribution < -0.4 is 10.0 Å². The average molecular weight is 342 g/mol. The van der Waals surface area contributed by atoms with E-state index in [2.05, 4.69) is 10.0 Å². The van der Waals surface area contributed by atoms with E-state index >= 15 is 0 Å². The van der Waals surface area contributed by atoms with Crippen LogP contribution in [0.25, 0.3) is 0 Å². The quantitative estimate of drug-likeness (QED) is 0.664. The van der Waals surface area contributed by atoms with E-state index in [-0.39, 0.29) is 23.1 Å². The lowest BCUT2D eigenvalue weighted by atomic mass is 10.2. The van der Waals surface area contributed by atoms with Crippen molar-refractivity contribution in [2.75, 3.05) is 25.0 Å². The van der Waals surface area contributed by atoms with Crippen molar-refractivity contribution < 1.29 is 23.1 Å². The highest BCUT2D eigenvalue weighted by atomic mass is 32.2. The molecule has 0 bridgehead atoms. The molecule has 7 nitrogen and oxygen atoms in total. The topological polar surface area (TPSA) is 105 Å². The molecular formula is C15H22N2O5S. The summed E-state index contributed by atoms with van der Waals surface area (Å²) in [5, 5.41) is 12.1. The first kappa shape index (κ1) is 17.7. The molecule has 128 valence electrons. The van der Waals surface area contributed by atoms with Crippen molar-refractivity contribution in [3.8, 4) is 0 Å². The molecule has 0 aromatic heterocycles. The first-order valence-corrected chi connectivity index (χ1v) is 9.15. The maximum absolute atomic E-state index is 12.5. The highest BCUT2D eigenvalue weighted by molar-refractivity contribution is 7.89. The molecule has 2 rings (SSSR count). The largest absolute Gasteiger partial charge is 0.478 e. The molecule has 1 aliphatic heterocycles. The molecule has 1 saturated heterocycles. The van der Waals surface area contributed by atoms with Gasteiger partial charge in [0.2, 0.25) is 10.0 Å². The Kier molecular flexibility index (Phi) is 5.97. The minimum absolute atomic E-state index is 0.0520. The van der Waals surface area contributed by atoms with E-state index in [0.717, 1.165) is 19.3 Å². The molecule has 8 heteroatoms. The van der Waals surface area contributed by atoms with E-state index < -0.39 is 16.0 Å². The van der Waals surface area contributed by atoms with Gasteiger partial charge in [-0.05, 0) is 37.5 Å². The first-order chi connectivity index (χ1) is 10.9. The maximum atomic E-state index is 12.5. The summed E-state index contributed by atoms with van der Waals surface area (Å²) in [5.74, 6) is -1.16. The van der Waals surface area contributed by atoms with Crippen LogP contribution in [0.3, 0.4) is 0 Å². The van der Waals surface area contributed by atoms with Gasteiger partial charge in [-0.25, -0.2) is 17.9 Å². The summed E-state index contributed by atoms with van der Waals surface area (Å²) in [5.41, 5.74) is 0.334. The Morgan fingerprint density at radius 3 is 2.83 bits per heavy atom. The van der Waals surface area contributed by atoms with E-state index in [1.54, 1.807) is 0 Å². The number of hydrogen-bond acceptors (Lipinski definition) is 5. The van der Waals surface area contributed by atoms with Crippen molar-refractivity contribution in [1.82, 2.24) is 4.72 Å². The fourth-order valence-corrected chi connectivity index (χ4v) is 3.64. The second-order valence-electron chi connectivity index (χ2n) is 5.43. The van der Waals surface area contributed by atoms with Gasteiger partial charge < -0.3 is 15.2 Å². The van der Waals surface area contributed by atoms with Crippen molar-refractivity contribution in [2.45, 2.75) is 37.2 Å². The third-order valence-corrected chi connectivity index (χ3v) is 5.07. The summed E-state index contributed by atoms with van der Waals surface area (Å²) in [4.78, 5) is 11.1. The molecule has 0 saturated carbocycles. The van der Waals surface area contributed by atoms with E-state index in [0.29, 0.717) is 18.8 Å². The molecular weight excluding hydrogens is 320 g/mol. The number of ether oxygens (including phenoxy) is 1. The van der Waals surface area contributed by atoms with Crippen molar-refractivity contribution >= 4 is 21.7 Å². The number of aromatic carboxylic acids is 1. The normalized spacial score (nSPS) is 18.0. The lowest BCUT2D eigenvalue weighted by molar-refractivity contribution is 0.0696. The monoisotopic (exact) mass is 342 g/mol. The predicted octanol–water partition coefficient (Wildman–Crippen LogP) is 1.66. The molecule has 1 unspecified atom stereocenters. The number of carbonyl (C=O) groups is 1. The van der Waals surface area contributed by atoms with Crippen molar-refractivity contribution in [2.24, 2.45) is 0 Å². The lowest BCUT2D eigenvalue weighted by Crippen LogP contribution is -2.32. The zero-order chi connectivity index (χ0) is 16.9. The van der Waals surface area contributed by atoms with Gasteiger partial charge in [0.1, 0.15) is 4.90 Å². The predicted molar refractivity (Wildman–Crippen MR) is 86.3 cm³/mol. The third kappa shape index (κ3) is 4.66. The van der Waals surface area contributed by atoms with Crippen LogP contribution >= 0.6 is 0 Å². The average Bonchev–Trinajstić information content (AvgIpc) is 3.04. The van der Waals surface area contributed by atoms with Gasteiger partial charge >= 0.3 is 5.97 Å². The second kappa shape index (κ2) is 7.76. The molecule has 1 aromatic rings. The molecule has 0 spiro atoms. The number of rotatable bonds is 8. The molecule has 23 heavy (non-hydrogen) atoms. The summed E-state index contributed by atoms with van der Waals surface area (Å²) < 4.78 is 33.0. The molecule has 1 fully saturated rings. The number of sulfonamides is 1. The Balaban J connectivity index is 2.24. The smallest absolute Gasteiger partial charge is 0.335 e. The third-order valence-electron chi connectivity index (χ3n) is 3.61. The van der Waals surface area contributed by atoms with Crippen LogP contribution in [0.2, 0.25) is 0 Å². The summed E-state index contributed by atoms with van der Waals surface area (Å²) in [6.07, 6.45) is 2.44. The molecule has 1 atom stereocenters. The second-order valence-corrected chi connectivity index (χ2v) is 7.17. The van der Waals surface area contributed by atoms with Crippen LogP contribution in [0.15, 0.2) is 23.1 Å². The van der Waals surface area contributed by atoms with Crippen molar-refractivity contribution in [3.05, 3.63) is 23.8 Å². The Morgan fingerprint density at radius 2 is 2.22 bits per heavy atom. The number of nitrogens with one attached hydrogen (secondary N) is 2. The van der Waals surface area contributed by atoms with Gasteiger partial charge in [0.05, 0.1) is 17.4 Å². The van der Waals surface area contributed by atoms with Gasteiger partial charge in [-0.3, -0.25) is 0 Å². The van der Waals surface area contributed by atoms with Crippen LogP contribution in [0.1, 0.15) is 36.5 Å².